The second-order valence-electron chi connectivity index (χ2n) is 5.25. The van der Waals surface area contributed by atoms with Gasteiger partial charge in [0.1, 0.15) is 5.03 Å². The molecule has 1 aliphatic rings. The van der Waals surface area contributed by atoms with Crippen molar-refractivity contribution in [2.24, 2.45) is 0 Å². The molecular weight excluding hydrogens is 306 g/mol. The first-order valence-electron chi connectivity index (χ1n) is 7.69. The van der Waals surface area contributed by atoms with Crippen LogP contribution in [0.15, 0.2) is 60.0 Å². The third kappa shape index (κ3) is 3.56. The van der Waals surface area contributed by atoms with E-state index < -0.39 is 0 Å². The number of fused-ring (bicyclic) bond motifs is 1. The Labute approximate surface area is 140 Å². The number of aromatic nitrogens is 1. The van der Waals surface area contributed by atoms with Crippen molar-refractivity contribution in [3.63, 3.8) is 0 Å². The van der Waals surface area contributed by atoms with Gasteiger partial charge in [-0.05, 0) is 35.9 Å². The monoisotopic (exact) mass is 325 g/mol. The van der Waals surface area contributed by atoms with Gasteiger partial charge in [-0.25, -0.2) is 4.98 Å². The van der Waals surface area contributed by atoms with Crippen LogP contribution >= 0.6 is 11.8 Å². The summed E-state index contributed by atoms with van der Waals surface area (Å²) in [5.74, 6) is 0.934. The molecule has 1 aromatic carbocycles. The normalized spacial score (nSPS) is 13.2. The van der Waals surface area contributed by atoms with Gasteiger partial charge in [0.25, 0.3) is 5.91 Å². The second-order valence-corrected chi connectivity index (χ2v) is 6.34. The van der Waals surface area contributed by atoms with Gasteiger partial charge in [-0.2, -0.15) is 0 Å². The predicted octanol–water partition coefficient (Wildman–Crippen LogP) is 4.12. The van der Waals surface area contributed by atoms with Crippen LogP contribution in [0, 0.1) is 0 Å². The van der Waals surface area contributed by atoms with Crippen molar-refractivity contribution in [3.8, 4) is 0 Å². The van der Waals surface area contributed by atoms with Crippen LogP contribution in [0.4, 0.5) is 5.69 Å². The zero-order valence-corrected chi connectivity index (χ0v) is 13.8. The van der Waals surface area contributed by atoms with Crippen molar-refractivity contribution >= 4 is 23.4 Å². The third-order valence-corrected chi connectivity index (χ3v) is 4.77. The minimum absolute atomic E-state index is 0.0218. The molecule has 4 nitrogen and oxygen atoms in total. The van der Waals surface area contributed by atoms with E-state index in [0.717, 1.165) is 28.5 Å². The molecule has 2 heterocycles. The van der Waals surface area contributed by atoms with Crippen LogP contribution in [-0.2, 0) is 6.54 Å². The molecule has 23 heavy (non-hydrogen) atoms. The Bertz CT molecular complexity index is 730. The largest absolute Gasteiger partial charge is 0.360 e. The molecule has 3 rings (SSSR count). The number of thioether (sulfide) groups is 1. The van der Waals surface area contributed by atoms with Crippen molar-refractivity contribution in [1.29, 1.82) is 0 Å². The van der Waals surface area contributed by atoms with E-state index in [1.165, 1.54) is 0 Å². The van der Waals surface area contributed by atoms with Gasteiger partial charge in [-0.3, -0.25) is 4.79 Å². The summed E-state index contributed by atoms with van der Waals surface area (Å²) in [6.45, 7) is 2.67. The van der Waals surface area contributed by atoms with Crippen molar-refractivity contribution in [2.45, 2.75) is 24.9 Å². The van der Waals surface area contributed by atoms with Crippen LogP contribution < -0.4 is 5.32 Å². The van der Waals surface area contributed by atoms with Crippen LogP contribution in [0.1, 0.15) is 29.3 Å². The fraction of sp³-hybridized carbons (Fsp3) is 0.222. The first-order chi connectivity index (χ1) is 11.3. The number of benzene rings is 1. The zero-order valence-electron chi connectivity index (χ0n) is 13.0. The highest BCUT2D eigenvalue weighted by atomic mass is 32.2. The molecule has 118 valence electrons. The van der Waals surface area contributed by atoms with E-state index in [1.807, 2.05) is 36.4 Å². The predicted molar refractivity (Wildman–Crippen MR) is 94.3 cm³/mol. The smallest absolute Gasteiger partial charge is 0.260 e. The Hall–Kier alpha value is -2.27. The molecule has 5 heteroatoms. The first-order valence-corrected chi connectivity index (χ1v) is 8.68. The summed E-state index contributed by atoms with van der Waals surface area (Å²) < 4.78 is 0. The summed E-state index contributed by atoms with van der Waals surface area (Å²) >= 11 is 1.63. The summed E-state index contributed by atoms with van der Waals surface area (Å²) in [5, 5.41) is 4.02. The number of anilines is 1. The molecule has 0 aliphatic carbocycles. The van der Waals surface area contributed by atoms with E-state index in [-0.39, 0.29) is 5.91 Å². The molecule has 1 aromatic heterocycles. The zero-order chi connectivity index (χ0) is 16.1. The Balaban J connectivity index is 1.86. The van der Waals surface area contributed by atoms with Gasteiger partial charge in [0.15, 0.2) is 0 Å². The van der Waals surface area contributed by atoms with E-state index in [1.54, 1.807) is 35.3 Å². The van der Waals surface area contributed by atoms with Gasteiger partial charge in [-0.1, -0.05) is 25.1 Å². The first kappa shape index (κ1) is 15.6. The topological polar surface area (TPSA) is 45.2 Å². The molecule has 0 fully saturated rings. The van der Waals surface area contributed by atoms with E-state index in [4.69, 9.17) is 0 Å². The van der Waals surface area contributed by atoms with Crippen molar-refractivity contribution in [3.05, 3.63) is 66.1 Å². The maximum absolute atomic E-state index is 12.9. The second kappa shape index (κ2) is 7.33. The Morgan fingerprint density at radius 2 is 2.17 bits per heavy atom. The molecular formula is C18H19N3OS. The lowest BCUT2D eigenvalue weighted by atomic mass is 10.1. The van der Waals surface area contributed by atoms with Gasteiger partial charge in [0.05, 0.1) is 12.1 Å². The summed E-state index contributed by atoms with van der Waals surface area (Å²) in [6, 6.07) is 11.7. The average molecular weight is 325 g/mol. The number of carbonyl (C=O) groups excluding carboxylic acids is 1. The molecule has 0 bridgehead atoms. The van der Waals surface area contributed by atoms with Gasteiger partial charge in [-0.15, -0.1) is 11.8 Å². The lowest BCUT2D eigenvalue weighted by Gasteiger charge is -2.18. The number of para-hydroxylation sites is 1. The Morgan fingerprint density at radius 1 is 1.30 bits per heavy atom. The van der Waals surface area contributed by atoms with Gasteiger partial charge < -0.3 is 10.2 Å². The highest BCUT2D eigenvalue weighted by molar-refractivity contribution is 7.99. The van der Waals surface area contributed by atoms with Gasteiger partial charge >= 0.3 is 0 Å². The van der Waals surface area contributed by atoms with E-state index in [9.17, 15) is 4.79 Å². The van der Waals surface area contributed by atoms with Crippen LogP contribution in [0.5, 0.6) is 0 Å². The number of nitrogens with zero attached hydrogens (tertiary/aromatic N) is 2. The fourth-order valence-electron chi connectivity index (χ4n) is 2.41. The number of carbonyl (C=O) groups is 1. The minimum atomic E-state index is -0.0218. The van der Waals surface area contributed by atoms with Gasteiger partial charge in [0, 0.05) is 24.3 Å². The SMILES string of the molecule is CCCSc1ncccc1C(=O)N1C=CNc2ccccc2C1. The molecule has 1 amide bonds. The highest BCUT2D eigenvalue weighted by Gasteiger charge is 2.20. The van der Waals surface area contributed by atoms with Crippen LogP contribution in [0.25, 0.3) is 0 Å². The van der Waals surface area contributed by atoms with E-state index in [0.29, 0.717) is 12.1 Å². The molecule has 0 saturated carbocycles. The number of hydrogen-bond acceptors (Lipinski definition) is 4. The van der Waals surface area contributed by atoms with Crippen LogP contribution in [-0.4, -0.2) is 21.5 Å². The summed E-state index contributed by atoms with van der Waals surface area (Å²) in [5.41, 5.74) is 2.79. The number of hydrogen-bond donors (Lipinski definition) is 1. The lowest BCUT2D eigenvalue weighted by Crippen LogP contribution is -2.25. The fourth-order valence-corrected chi connectivity index (χ4v) is 3.26. The Kier molecular flexibility index (Phi) is 4.98. The minimum Gasteiger partial charge on any atom is -0.360 e. The maximum atomic E-state index is 12.9. The molecule has 0 saturated heterocycles. The van der Waals surface area contributed by atoms with Crippen molar-refractivity contribution < 1.29 is 4.79 Å². The molecule has 0 radical (unpaired) electrons. The molecule has 2 aromatic rings. The summed E-state index contributed by atoms with van der Waals surface area (Å²) in [4.78, 5) is 19.0. The van der Waals surface area contributed by atoms with E-state index in [2.05, 4.69) is 17.2 Å². The highest BCUT2D eigenvalue weighted by Crippen LogP contribution is 2.25. The number of amides is 1. The number of rotatable bonds is 4. The van der Waals surface area contributed by atoms with E-state index >= 15 is 0 Å². The lowest BCUT2D eigenvalue weighted by molar-refractivity contribution is 0.0810. The summed E-state index contributed by atoms with van der Waals surface area (Å²) in [6.07, 6.45) is 6.39. The number of nitrogens with one attached hydrogen (secondary N) is 1. The molecule has 1 aliphatic heterocycles. The maximum Gasteiger partial charge on any atom is 0.260 e. The third-order valence-electron chi connectivity index (χ3n) is 3.56. The molecule has 1 N–H and O–H groups in total. The standard InChI is InChI=1S/C18H19N3OS/c1-2-12-23-17-15(7-5-9-20-17)18(22)21-11-10-19-16-8-4-3-6-14(16)13-21/h3-11,19H,2,12-13H2,1H3. The Morgan fingerprint density at radius 3 is 3.04 bits per heavy atom. The quantitative estimate of drug-likeness (QED) is 0.859. The van der Waals surface area contributed by atoms with Crippen molar-refractivity contribution in [1.82, 2.24) is 9.88 Å². The molecule has 0 unspecified atom stereocenters. The van der Waals surface area contributed by atoms with Gasteiger partial charge in [0.2, 0.25) is 0 Å². The van der Waals surface area contributed by atoms with Crippen LogP contribution in [0.3, 0.4) is 0 Å². The molecule has 0 atom stereocenters. The van der Waals surface area contributed by atoms with Crippen molar-refractivity contribution in [2.75, 3.05) is 11.1 Å². The summed E-state index contributed by atoms with van der Waals surface area (Å²) in [7, 11) is 0. The molecule has 0 spiro atoms. The van der Waals surface area contributed by atoms with Crippen LogP contribution in [0.2, 0.25) is 0 Å². The number of pyridine rings is 1. The average Bonchev–Trinajstić information content (AvgIpc) is 2.82.